The van der Waals surface area contributed by atoms with E-state index in [1.807, 2.05) is 20.8 Å². The molecule has 0 aliphatic carbocycles. The van der Waals surface area contributed by atoms with E-state index in [0.717, 1.165) is 56.9 Å². The highest BCUT2D eigenvalue weighted by molar-refractivity contribution is 5.68. The predicted octanol–water partition coefficient (Wildman–Crippen LogP) is 4.03. The van der Waals surface area contributed by atoms with Crippen LogP contribution in [-0.4, -0.2) is 53.9 Å². The van der Waals surface area contributed by atoms with E-state index >= 15 is 0 Å². The summed E-state index contributed by atoms with van der Waals surface area (Å²) < 4.78 is 11.3. The summed E-state index contributed by atoms with van der Waals surface area (Å²) in [5, 5.41) is 3.48. The standard InChI is InChI=1S/C22H35N3O3/c1-16-7-8-18-9-10-19(24-20(18)23-16)6-5-13-27-15-17-11-12-25(14-17)21(26)28-22(2,3)4/h9-10,16-17H,5-8,11-15H2,1-4H3,(H,23,24). The number of hydrogen-bond donors (Lipinski definition) is 1. The minimum absolute atomic E-state index is 0.212. The zero-order chi connectivity index (χ0) is 20.1. The van der Waals surface area contributed by atoms with Gasteiger partial charge in [-0.25, -0.2) is 9.78 Å². The van der Waals surface area contributed by atoms with Crippen LogP contribution in [0.4, 0.5) is 10.6 Å². The maximum Gasteiger partial charge on any atom is 0.410 e. The molecule has 1 aromatic rings. The van der Waals surface area contributed by atoms with E-state index in [1.165, 1.54) is 12.0 Å². The quantitative estimate of drug-likeness (QED) is 0.744. The summed E-state index contributed by atoms with van der Waals surface area (Å²) in [6.45, 7) is 10.8. The number of carbonyl (C=O) groups excluding carboxylic acids is 1. The Kier molecular flexibility index (Phi) is 6.81. The molecule has 1 saturated heterocycles. The Hall–Kier alpha value is -1.82. The Morgan fingerprint density at radius 3 is 2.93 bits per heavy atom. The number of nitrogens with one attached hydrogen (secondary N) is 1. The van der Waals surface area contributed by atoms with Crippen LogP contribution in [0, 0.1) is 5.92 Å². The van der Waals surface area contributed by atoms with Crippen LogP contribution in [0.15, 0.2) is 12.1 Å². The second kappa shape index (κ2) is 9.12. The summed E-state index contributed by atoms with van der Waals surface area (Å²) in [7, 11) is 0. The van der Waals surface area contributed by atoms with Crippen molar-refractivity contribution in [1.29, 1.82) is 0 Å². The molecule has 3 heterocycles. The number of pyridine rings is 1. The van der Waals surface area contributed by atoms with E-state index in [-0.39, 0.29) is 6.09 Å². The normalized spacial score (nSPS) is 21.9. The molecule has 2 unspecified atom stereocenters. The van der Waals surface area contributed by atoms with Crippen molar-refractivity contribution in [2.45, 2.75) is 71.4 Å². The molecule has 1 N–H and O–H groups in total. The number of nitrogens with zero attached hydrogens (tertiary/aromatic N) is 2. The summed E-state index contributed by atoms with van der Waals surface area (Å²) in [5.74, 6) is 1.46. The van der Waals surface area contributed by atoms with Crippen molar-refractivity contribution < 1.29 is 14.3 Å². The molecule has 0 radical (unpaired) electrons. The molecule has 2 atom stereocenters. The largest absolute Gasteiger partial charge is 0.444 e. The second-order valence-corrected chi connectivity index (χ2v) is 9.15. The highest BCUT2D eigenvalue weighted by Gasteiger charge is 2.29. The lowest BCUT2D eigenvalue weighted by Crippen LogP contribution is -2.35. The summed E-state index contributed by atoms with van der Waals surface area (Å²) in [5.41, 5.74) is 2.01. The third-order valence-corrected chi connectivity index (χ3v) is 5.28. The van der Waals surface area contributed by atoms with Gasteiger partial charge in [0.25, 0.3) is 0 Å². The zero-order valence-corrected chi connectivity index (χ0v) is 17.8. The summed E-state index contributed by atoms with van der Waals surface area (Å²) >= 11 is 0. The number of amides is 1. The molecule has 1 amide bonds. The first-order valence-corrected chi connectivity index (χ1v) is 10.6. The highest BCUT2D eigenvalue weighted by atomic mass is 16.6. The minimum Gasteiger partial charge on any atom is -0.444 e. The first-order valence-electron chi connectivity index (χ1n) is 10.6. The van der Waals surface area contributed by atoms with Gasteiger partial charge in [-0.1, -0.05) is 6.07 Å². The van der Waals surface area contributed by atoms with Gasteiger partial charge in [0.2, 0.25) is 0 Å². The third-order valence-electron chi connectivity index (χ3n) is 5.28. The molecule has 1 fully saturated rings. The molecule has 6 heteroatoms. The molecule has 156 valence electrons. The Labute approximate surface area is 169 Å². The number of hydrogen-bond acceptors (Lipinski definition) is 5. The van der Waals surface area contributed by atoms with Crippen LogP contribution in [0.5, 0.6) is 0 Å². The van der Waals surface area contributed by atoms with Gasteiger partial charge in [0.05, 0.1) is 6.61 Å². The maximum atomic E-state index is 12.1. The van der Waals surface area contributed by atoms with Gasteiger partial charge in [-0.05, 0) is 71.4 Å². The smallest absolute Gasteiger partial charge is 0.410 e. The van der Waals surface area contributed by atoms with E-state index in [4.69, 9.17) is 14.5 Å². The van der Waals surface area contributed by atoms with E-state index in [9.17, 15) is 4.79 Å². The van der Waals surface area contributed by atoms with Crippen molar-refractivity contribution >= 4 is 11.9 Å². The molecular weight excluding hydrogens is 354 g/mol. The van der Waals surface area contributed by atoms with Gasteiger partial charge in [-0.15, -0.1) is 0 Å². The molecule has 0 spiro atoms. The number of ether oxygens (including phenoxy) is 2. The second-order valence-electron chi connectivity index (χ2n) is 9.15. The van der Waals surface area contributed by atoms with Crippen molar-refractivity contribution in [2.24, 2.45) is 5.92 Å². The van der Waals surface area contributed by atoms with Gasteiger partial charge < -0.3 is 19.7 Å². The van der Waals surface area contributed by atoms with Gasteiger partial charge in [0.15, 0.2) is 0 Å². The summed E-state index contributed by atoms with van der Waals surface area (Å²) in [4.78, 5) is 18.7. The van der Waals surface area contributed by atoms with Crippen molar-refractivity contribution in [3.63, 3.8) is 0 Å². The van der Waals surface area contributed by atoms with Crippen molar-refractivity contribution in [2.75, 3.05) is 31.6 Å². The van der Waals surface area contributed by atoms with E-state index in [0.29, 0.717) is 18.6 Å². The fourth-order valence-corrected chi connectivity index (χ4v) is 3.74. The monoisotopic (exact) mass is 389 g/mol. The maximum absolute atomic E-state index is 12.1. The number of rotatable bonds is 6. The van der Waals surface area contributed by atoms with Gasteiger partial charge in [0.1, 0.15) is 11.4 Å². The number of aryl methyl sites for hydroxylation is 2. The van der Waals surface area contributed by atoms with E-state index in [1.54, 1.807) is 4.90 Å². The van der Waals surface area contributed by atoms with E-state index < -0.39 is 5.60 Å². The van der Waals surface area contributed by atoms with Crippen LogP contribution in [-0.2, 0) is 22.3 Å². The predicted molar refractivity (Wildman–Crippen MR) is 111 cm³/mol. The van der Waals surface area contributed by atoms with Gasteiger partial charge in [-0.2, -0.15) is 0 Å². The zero-order valence-electron chi connectivity index (χ0n) is 17.8. The van der Waals surface area contributed by atoms with Crippen LogP contribution in [0.2, 0.25) is 0 Å². The fraction of sp³-hybridized carbons (Fsp3) is 0.727. The first kappa shape index (κ1) is 20.9. The molecule has 6 nitrogen and oxygen atoms in total. The van der Waals surface area contributed by atoms with Crippen molar-refractivity contribution in [1.82, 2.24) is 9.88 Å². The molecule has 0 saturated carbocycles. The molecule has 0 bridgehead atoms. The number of anilines is 1. The van der Waals surface area contributed by atoms with Gasteiger partial charge in [-0.3, -0.25) is 0 Å². The lowest BCUT2D eigenvalue weighted by atomic mass is 10.0. The number of aromatic nitrogens is 1. The Morgan fingerprint density at radius 1 is 1.32 bits per heavy atom. The lowest BCUT2D eigenvalue weighted by Gasteiger charge is -2.24. The molecule has 3 rings (SSSR count). The molecule has 2 aliphatic rings. The molecule has 2 aliphatic heterocycles. The lowest BCUT2D eigenvalue weighted by molar-refractivity contribution is 0.0274. The Balaban J connectivity index is 1.32. The number of carbonyl (C=O) groups is 1. The highest BCUT2D eigenvalue weighted by Crippen LogP contribution is 2.23. The first-order chi connectivity index (χ1) is 13.3. The van der Waals surface area contributed by atoms with E-state index in [2.05, 4.69) is 24.4 Å². The van der Waals surface area contributed by atoms with Crippen molar-refractivity contribution in [3.05, 3.63) is 23.4 Å². The van der Waals surface area contributed by atoms with Crippen LogP contribution < -0.4 is 5.32 Å². The van der Waals surface area contributed by atoms with Crippen molar-refractivity contribution in [3.8, 4) is 0 Å². The average molecular weight is 390 g/mol. The third kappa shape index (κ3) is 6.09. The number of likely N-dealkylation sites (tertiary alicyclic amines) is 1. The minimum atomic E-state index is -0.441. The average Bonchev–Trinajstić information content (AvgIpc) is 3.09. The van der Waals surface area contributed by atoms with Gasteiger partial charge >= 0.3 is 6.09 Å². The SMILES string of the molecule is CC1CCc2ccc(CCCOCC3CCN(C(=O)OC(C)(C)C)C3)nc2N1. The molecule has 1 aromatic heterocycles. The Bertz CT molecular complexity index is 671. The van der Waals surface area contributed by atoms with Crippen LogP contribution in [0.25, 0.3) is 0 Å². The molecule has 0 aromatic carbocycles. The number of fused-ring (bicyclic) bond motifs is 1. The summed E-state index contributed by atoms with van der Waals surface area (Å²) in [6.07, 6.45) is 4.95. The van der Waals surface area contributed by atoms with Crippen LogP contribution in [0.3, 0.4) is 0 Å². The van der Waals surface area contributed by atoms with Crippen LogP contribution >= 0.6 is 0 Å². The van der Waals surface area contributed by atoms with Crippen LogP contribution in [0.1, 0.15) is 58.2 Å². The topological polar surface area (TPSA) is 63.7 Å². The van der Waals surface area contributed by atoms with Gasteiger partial charge in [0, 0.05) is 37.4 Å². The Morgan fingerprint density at radius 2 is 2.14 bits per heavy atom. The fourth-order valence-electron chi connectivity index (χ4n) is 3.74. The molecule has 28 heavy (non-hydrogen) atoms. The molecular formula is C22H35N3O3. The summed E-state index contributed by atoms with van der Waals surface area (Å²) in [6, 6.07) is 4.86.